The third kappa shape index (κ3) is 6.66. The highest BCUT2D eigenvalue weighted by Gasteiger charge is 2.07. The second-order valence-corrected chi connectivity index (χ2v) is 6.11. The molecule has 0 radical (unpaired) electrons. The van der Waals surface area contributed by atoms with Gasteiger partial charge in [0, 0.05) is 24.2 Å². The monoisotopic (exact) mass is 370 g/mol. The van der Waals surface area contributed by atoms with Crippen molar-refractivity contribution in [1.29, 1.82) is 0 Å². The van der Waals surface area contributed by atoms with Gasteiger partial charge in [0.25, 0.3) is 0 Å². The van der Waals surface area contributed by atoms with Gasteiger partial charge in [-0.1, -0.05) is 13.0 Å². The Bertz CT molecular complexity index is 772. The fraction of sp³-hybridized carbons (Fsp3) is 0.333. The topological polar surface area (TPSA) is 76.7 Å². The molecule has 144 valence electrons. The summed E-state index contributed by atoms with van der Waals surface area (Å²) in [6, 6.07) is 12.8. The van der Waals surface area contributed by atoms with Gasteiger partial charge < -0.3 is 20.1 Å². The van der Waals surface area contributed by atoms with Gasteiger partial charge in [0.2, 0.25) is 11.8 Å². The molecule has 0 aliphatic rings. The van der Waals surface area contributed by atoms with E-state index in [1.54, 1.807) is 20.1 Å². The highest BCUT2D eigenvalue weighted by atomic mass is 16.5. The summed E-state index contributed by atoms with van der Waals surface area (Å²) in [6.07, 6.45) is 1.36. The van der Waals surface area contributed by atoms with Crippen molar-refractivity contribution < 1.29 is 19.1 Å². The van der Waals surface area contributed by atoms with E-state index in [1.165, 1.54) is 0 Å². The number of rotatable bonds is 9. The first-order valence-electron chi connectivity index (χ1n) is 8.99. The molecule has 2 rings (SSSR count). The number of anilines is 2. The van der Waals surface area contributed by atoms with Crippen molar-refractivity contribution in [3.63, 3.8) is 0 Å². The number of ether oxygens (including phenoxy) is 2. The van der Waals surface area contributed by atoms with Gasteiger partial charge in [0.1, 0.15) is 11.5 Å². The smallest absolute Gasteiger partial charge is 0.224 e. The Morgan fingerprint density at radius 1 is 0.963 bits per heavy atom. The molecule has 0 saturated heterocycles. The minimum atomic E-state index is -0.0876. The maximum Gasteiger partial charge on any atom is 0.224 e. The maximum atomic E-state index is 12.2. The van der Waals surface area contributed by atoms with Crippen molar-refractivity contribution in [2.24, 2.45) is 0 Å². The highest BCUT2D eigenvalue weighted by molar-refractivity contribution is 5.94. The third-order valence-electron chi connectivity index (χ3n) is 3.99. The molecule has 6 nitrogen and oxygen atoms in total. The number of amides is 2. The van der Waals surface area contributed by atoms with Crippen LogP contribution in [0.4, 0.5) is 11.4 Å². The van der Waals surface area contributed by atoms with Crippen molar-refractivity contribution in [3.8, 4) is 11.5 Å². The molecule has 2 aromatic rings. The molecule has 2 aromatic carbocycles. The first-order chi connectivity index (χ1) is 13.0. The third-order valence-corrected chi connectivity index (χ3v) is 3.99. The van der Waals surface area contributed by atoms with Crippen molar-refractivity contribution in [2.75, 3.05) is 24.4 Å². The zero-order valence-corrected chi connectivity index (χ0v) is 16.0. The van der Waals surface area contributed by atoms with Gasteiger partial charge in [-0.2, -0.15) is 0 Å². The lowest BCUT2D eigenvalue weighted by molar-refractivity contribution is -0.117. The molecule has 0 unspecified atom stereocenters. The predicted octanol–water partition coefficient (Wildman–Crippen LogP) is 4.15. The van der Waals surface area contributed by atoms with E-state index < -0.39 is 0 Å². The van der Waals surface area contributed by atoms with Crippen LogP contribution in [-0.2, 0) is 9.59 Å². The number of nitrogens with one attached hydrogen (secondary N) is 2. The fourth-order valence-corrected chi connectivity index (χ4v) is 2.39. The van der Waals surface area contributed by atoms with E-state index in [9.17, 15) is 9.59 Å². The van der Waals surface area contributed by atoms with Gasteiger partial charge in [-0.15, -0.1) is 0 Å². The van der Waals surface area contributed by atoms with Crippen LogP contribution in [0.5, 0.6) is 11.5 Å². The molecule has 0 bridgehead atoms. The van der Waals surface area contributed by atoms with Crippen LogP contribution in [0.3, 0.4) is 0 Å². The van der Waals surface area contributed by atoms with Gasteiger partial charge in [-0.3, -0.25) is 9.59 Å². The lowest BCUT2D eigenvalue weighted by Crippen LogP contribution is -2.14. The van der Waals surface area contributed by atoms with E-state index in [1.807, 2.05) is 43.3 Å². The van der Waals surface area contributed by atoms with Crippen LogP contribution in [0, 0.1) is 6.92 Å². The number of benzene rings is 2. The molecule has 0 saturated carbocycles. The summed E-state index contributed by atoms with van der Waals surface area (Å²) in [5.41, 5.74) is 2.31. The molecule has 2 N–H and O–H groups in total. The Hall–Kier alpha value is -3.02. The number of methoxy groups -OCH3 is 1. The molecule has 0 heterocycles. The van der Waals surface area contributed by atoms with Crippen molar-refractivity contribution in [2.45, 2.75) is 33.1 Å². The van der Waals surface area contributed by atoms with Gasteiger partial charge >= 0.3 is 0 Å². The summed E-state index contributed by atoms with van der Waals surface area (Å²) in [5.74, 6) is 1.36. The van der Waals surface area contributed by atoms with Crippen LogP contribution in [0.2, 0.25) is 0 Å². The molecule has 0 aliphatic carbocycles. The summed E-state index contributed by atoms with van der Waals surface area (Å²) in [6.45, 7) is 4.15. The summed E-state index contributed by atoms with van der Waals surface area (Å²) in [7, 11) is 1.61. The van der Waals surface area contributed by atoms with Crippen LogP contribution >= 0.6 is 0 Å². The minimum absolute atomic E-state index is 0.0631. The number of carbonyl (C=O) groups excluding carboxylic acids is 2. The van der Waals surface area contributed by atoms with E-state index in [2.05, 4.69) is 10.6 Å². The zero-order valence-electron chi connectivity index (χ0n) is 16.0. The molecule has 27 heavy (non-hydrogen) atoms. The van der Waals surface area contributed by atoms with Gasteiger partial charge in [-0.25, -0.2) is 0 Å². The molecule has 0 aromatic heterocycles. The second-order valence-electron chi connectivity index (χ2n) is 6.11. The average Bonchev–Trinajstić information content (AvgIpc) is 2.68. The van der Waals surface area contributed by atoms with E-state index >= 15 is 0 Å². The van der Waals surface area contributed by atoms with Crippen LogP contribution in [-0.4, -0.2) is 25.5 Å². The van der Waals surface area contributed by atoms with E-state index in [-0.39, 0.29) is 11.8 Å². The zero-order chi connectivity index (χ0) is 19.6. The molecule has 6 heteroatoms. The molecule has 2 amide bonds. The van der Waals surface area contributed by atoms with Crippen LogP contribution < -0.4 is 20.1 Å². The summed E-state index contributed by atoms with van der Waals surface area (Å²) in [5, 5.41) is 5.69. The Kier molecular flexibility index (Phi) is 7.67. The Balaban J connectivity index is 1.79. The highest BCUT2D eigenvalue weighted by Crippen LogP contribution is 2.21. The summed E-state index contributed by atoms with van der Waals surface area (Å²) in [4.78, 5) is 23.7. The van der Waals surface area contributed by atoms with Gasteiger partial charge in [-0.05, 0) is 55.3 Å². The van der Waals surface area contributed by atoms with E-state index in [4.69, 9.17) is 9.47 Å². The normalized spacial score (nSPS) is 10.2. The van der Waals surface area contributed by atoms with Crippen LogP contribution in [0.15, 0.2) is 42.5 Å². The van der Waals surface area contributed by atoms with Crippen LogP contribution in [0.1, 0.15) is 31.7 Å². The standard InChI is InChI=1S/C21H26N2O4/c1-4-20(24)22-16-8-7-15(2)19(14-16)23-21(25)6-5-13-27-18-11-9-17(26-3)10-12-18/h7-12,14H,4-6,13H2,1-3H3,(H,22,24)(H,23,25). The summed E-state index contributed by atoms with van der Waals surface area (Å²) >= 11 is 0. The van der Waals surface area contributed by atoms with E-state index in [0.29, 0.717) is 37.2 Å². The fourth-order valence-electron chi connectivity index (χ4n) is 2.39. The number of hydrogen-bond donors (Lipinski definition) is 2. The largest absolute Gasteiger partial charge is 0.497 e. The SMILES string of the molecule is CCC(=O)Nc1ccc(C)c(NC(=O)CCCOc2ccc(OC)cc2)c1. The van der Waals surface area contributed by atoms with Crippen molar-refractivity contribution in [3.05, 3.63) is 48.0 Å². The predicted molar refractivity (Wildman–Crippen MR) is 106 cm³/mol. The lowest BCUT2D eigenvalue weighted by Gasteiger charge is -2.12. The van der Waals surface area contributed by atoms with Gasteiger partial charge in [0.05, 0.1) is 13.7 Å². The lowest BCUT2D eigenvalue weighted by atomic mass is 10.1. The average molecular weight is 370 g/mol. The molecule has 0 aliphatic heterocycles. The minimum Gasteiger partial charge on any atom is -0.497 e. The Labute approximate surface area is 159 Å². The van der Waals surface area contributed by atoms with Gasteiger partial charge in [0.15, 0.2) is 0 Å². The molecular weight excluding hydrogens is 344 g/mol. The molecule has 0 spiro atoms. The first kappa shape index (κ1) is 20.3. The Morgan fingerprint density at radius 3 is 2.33 bits per heavy atom. The van der Waals surface area contributed by atoms with Crippen molar-refractivity contribution in [1.82, 2.24) is 0 Å². The van der Waals surface area contributed by atoms with Crippen LogP contribution in [0.25, 0.3) is 0 Å². The van der Waals surface area contributed by atoms with E-state index in [0.717, 1.165) is 17.1 Å². The number of carbonyl (C=O) groups is 2. The number of hydrogen-bond acceptors (Lipinski definition) is 4. The first-order valence-corrected chi connectivity index (χ1v) is 8.99. The molecule has 0 atom stereocenters. The molecule has 0 fully saturated rings. The Morgan fingerprint density at radius 2 is 1.67 bits per heavy atom. The van der Waals surface area contributed by atoms with Crippen molar-refractivity contribution >= 4 is 23.2 Å². The molecular formula is C21H26N2O4. The second kappa shape index (κ2) is 10.2. The maximum absolute atomic E-state index is 12.2. The summed E-state index contributed by atoms with van der Waals surface area (Å²) < 4.78 is 10.7. The quantitative estimate of drug-likeness (QED) is 0.650. The number of aryl methyl sites for hydroxylation is 1.